The van der Waals surface area contributed by atoms with Gasteiger partial charge in [0.2, 0.25) is 0 Å². The number of aliphatic hydroxyl groups excluding tert-OH is 1. The van der Waals surface area contributed by atoms with Crippen LogP contribution in [0.3, 0.4) is 0 Å². The molecular formula is C9H11BrClNO2. The molecule has 0 radical (unpaired) electrons. The molecule has 0 saturated carbocycles. The summed E-state index contributed by atoms with van der Waals surface area (Å²) >= 11 is 9.21. The van der Waals surface area contributed by atoms with E-state index in [-0.39, 0.29) is 6.61 Å². The average molecular weight is 281 g/mol. The second-order valence-electron chi connectivity index (χ2n) is 2.80. The minimum absolute atomic E-state index is 0.122. The molecule has 1 aromatic rings. The zero-order chi connectivity index (χ0) is 10.7. The van der Waals surface area contributed by atoms with E-state index in [0.717, 1.165) is 10.0 Å². The smallest absolute Gasteiger partial charge is 0.137 e. The zero-order valence-corrected chi connectivity index (χ0v) is 9.97. The van der Waals surface area contributed by atoms with Crippen LogP contribution in [0.1, 0.15) is 11.6 Å². The predicted molar refractivity (Wildman–Crippen MR) is 59.7 cm³/mol. The van der Waals surface area contributed by atoms with E-state index < -0.39 is 6.04 Å². The van der Waals surface area contributed by atoms with Crippen LogP contribution in [0.2, 0.25) is 5.02 Å². The molecule has 0 fully saturated rings. The van der Waals surface area contributed by atoms with Crippen molar-refractivity contribution in [2.24, 2.45) is 5.73 Å². The molecule has 0 heterocycles. The van der Waals surface area contributed by atoms with Crippen LogP contribution in [0.25, 0.3) is 0 Å². The Kier molecular flexibility index (Phi) is 4.19. The first kappa shape index (κ1) is 11.8. The van der Waals surface area contributed by atoms with Crippen LogP contribution in [-0.4, -0.2) is 18.8 Å². The number of nitrogens with two attached hydrogens (primary N) is 1. The summed E-state index contributed by atoms with van der Waals surface area (Å²) in [6, 6.07) is 2.98. The molecule has 0 aliphatic rings. The highest BCUT2D eigenvalue weighted by atomic mass is 79.9. The fourth-order valence-electron chi connectivity index (χ4n) is 1.08. The van der Waals surface area contributed by atoms with Gasteiger partial charge >= 0.3 is 0 Å². The lowest BCUT2D eigenvalue weighted by Crippen LogP contribution is -2.15. The molecule has 1 rings (SSSR count). The van der Waals surface area contributed by atoms with E-state index in [9.17, 15) is 0 Å². The fraction of sp³-hybridized carbons (Fsp3) is 0.333. The van der Waals surface area contributed by atoms with Crippen LogP contribution in [0.4, 0.5) is 0 Å². The Hall–Kier alpha value is -0.290. The Morgan fingerprint density at radius 3 is 2.79 bits per heavy atom. The van der Waals surface area contributed by atoms with Gasteiger partial charge in [0, 0.05) is 4.47 Å². The van der Waals surface area contributed by atoms with Crippen molar-refractivity contribution in [2.45, 2.75) is 6.04 Å². The number of methoxy groups -OCH3 is 1. The first-order chi connectivity index (χ1) is 6.60. The van der Waals surface area contributed by atoms with Crippen molar-refractivity contribution < 1.29 is 9.84 Å². The summed E-state index contributed by atoms with van der Waals surface area (Å²) in [7, 11) is 1.53. The number of hydrogen-bond acceptors (Lipinski definition) is 3. The largest absolute Gasteiger partial charge is 0.495 e. The number of aliphatic hydroxyl groups is 1. The Balaban J connectivity index is 3.17. The molecule has 0 aliphatic heterocycles. The second kappa shape index (κ2) is 4.98. The maximum absolute atomic E-state index is 8.93. The van der Waals surface area contributed by atoms with Gasteiger partial charge in [-0.2, -0.15) is 0 Å². The lowest BCUT2D eigenvalue weighted by molar-refractivity contribution is 0.267. The van der Waals surface area contributed by atoms with Crippen LogP contribution >= 0.6 is 27.5 Å². The van der Waals surface area contributed by atoms with Gasteiger partial charge in [-0.15, -0.1) is 0 Å². The van der Waals surface area contributed by atoms with Gasteiger partial charge in [0.25, 0.3) is 0 Å². The van der Waals surface area contributed by atoms with Gasteiger partial charge in [-0.3, -0.25) is 0 Å². The maximum atomic E-state index is 8.93. The molecule has 5 heteroatoms. The molecule has 0 spiro atoms. The van der Waals surface area contributed by atoms with Crippen molar-refractivity contribution in [3.63, 3.8) is 0 Å². The number of rotatable bonds is 3. The molecule has 3 nitrogen and oxygen atoms in total. The molecule has 0 amide bonds. The first-order valence-corrected chi connectivity index (χ1v) is 5.16. The van der Waals surface area contributed by atoms with Gasteiger partial charge in [-0.1, -0.05) is 27.5 Å². The topological polar surface area (TPSA) is 55.5 Å². The van der Waals surface area contributed by atoms with Crippen molar-refractivity contribution in [1.82, 2.24) is 0 Å². The molecule has 0 bridgehead atoms. The molecule has 0 aromatic heterocycles. The first-order valence-electron chi connectivity index (χ1n) is 3.99. The van der Waals surface area contributed by atoms with Gasteiger partial charge < -0.3 is 15.6 Å². The van der Waals surface area contributed by atoms with Crippen LogP contribution in [0, 0.1) is 0 Å². The SMILES string of the molecule is COc1cc(C(N)CO)c(Br)cc1Cl. The van der Waals surface area contributed by atoms with Gasteiger partial charge in [0.05, 0.1) is 24.8 Å². The number of hydrogen-bond donors (Lipinski definition) is 2. The van der Waals surface area contributed by atoms with Crippen molar-refractivity contribution in [2.75, 3.05) is 13.7 Å². The van der Waals surface area contributed by atoms with E-state index in [2.05, 4.69) is 15.9 Å². The highest BCUT2D eigenvalue weighted by molar-refractivity contribution is 9.10. The molecule has 3 N–H and O–H groups in total. The van der Waals surface area contributed by atoms with E-state index in [1.807, 2.05) is 0 Å². The summed E-state index contributed by atoms with van der Waals surface area (Å²) in [5.74, 6) is 0.550. The van der Waals surface area contributed by atoms with Crippen molar-refractivity contribution >= 4 is 27.5 Å². The van der Waals surface area contributed by atoms with E-state index >= 15 is 0 Å². The van der Waals surface area contributed by atoms with Crippen LogP contribution in [0.15, 0.2) is 16.6 Å². The molecule has 1 atom stereocenters. The lowest BCUT2D eigenvalue weighted by Gasteiger charge is -2.13. The van der Waals surface area contributed by atoms with Crippen molar-refractivity contribution in [3.05, 3.63) is 27.2 Å². The zero-order valence-electron chi connectivity index (χ0n) is 7.63. The standard InChI is InChI=1S/C9H11BrClNO2/c1-14-9-2-5(8(12)4-13)6(10)3-7(9)11/h2-3,8,13H,4,12H2,1H3. The molecular weight excluding hydrogens is 269 g/mol. The summed E-state index contributed by atoms with van der Waals surface area (Å²) < 4.78 is 5.81. The third-order valence-electron chi connectivity index (χ3n) is 1.87. The van der Waals surface area contributed by atoms with Crippen molar-refractivity contribution in [1.29, 1.82) is 0 Å². The van der Waals surface area contributed by atoms with Gasteiger partial charge in [-0.05, 0) is 17.7 Å². The summed E-state index contributed by atoms with van der Waals surface area (Å²) in [6.45, 7) is -0.122. The average Bonchev–Trinajstić information content (AvgIpc) is 2.17. The van der Waals surface area contributed by atoms with E-state index in [1.54, 1.807) is 12.1 Å². The van der Waals surface area contributed by atoms with E-state index in [4.69, 9.17) is 27.2 Å². The predicted octanol–water partition coefficient (Wildman–Crippen LogP) is 2.10. The summed E-state index contributed by atoms with van der Waals surface area (Å²) in [5, 5.41) is 9.43. The lowest BCUT2D eigenvalue weighted by atomic mass is 10.1. The normalized spacial score (nSPS) is 12.6. The quantitative estimate of drug-likeness (QED) is 0.891. The Labute approximate surface area is 95.9 Å². The second-order valence-corrected chi connectivity index (χ2v) is 4.06. The molecule has 1 aromatic carbocycles. The van der Waals surface area contributed by atoms with Crippen molar-refractivity contribution in [3.8, 4) is 5.75 Å². The number of halogens is 2. The molecule has 78 valence electrons. The third-order valence-corrected chi connectivity index (χ3v) is 2.85. The molecule has 0 saturated heterocycles. The molecule has 1 unspecified atom stereocenters. The Morgan fingerprint density at radius 2 is 2.29 bits per heavy atom. The fourth-order valence-corrected chi connectivity index (χ4v) is 2.09. The van der Waals surface area contributed by atoms with Gasteiger partial charge in [0.15, 0.2) is 0 Å². The summed E-state index contributed by atoms with van der Waals surface area (Å²) in [6.07, 6.45) is 0. The Bertz CT molecular complexity index is 333. The Morgan fingerprint density at radius 1 is 1.64 bits per heavy atom. The highest BCUT2D eigenvalue weighted by Gasteiger charge is 2.12. The minimum atomic E-state index is -0.435. The highest BCUT2D eigenvalue weighted by Crippen LogP contribution is 2.33. The van der Waals surface area contributed by atoms with Gasteiger partial charge in [-0.25, -0.2) is 0 Å². The maximum Gasteiger partial charge on any atom is 0.137 e. The number of benzene rings is 1. The monoisotopic (exact) mass is 279 g/mol. The third kappa shape index (κ3) is 2.39. The summed E-state index contributed by atoms with van der Waals surface area (Å²) in [4.78, 5) is 0. The summed E-state index contributed by atoms with van der Waals surface area (Å²) in [5.41, 5.74) is 6.46. The van der Waals surface area contributed by atoms with E-state index in [0.29, 0.717) is 10.8 Å². The van der Waals surface area contributed by atoms with Crippen LogP contribution in [-0.2, 0) is 0 Å². The van der Waals surface area contributed by atoms with Gasteiger partial charge in [0.1, 0.15) is 5.75 Å². The molecule has 0 aliphatic carbocycles. The number of ether oxygens (including phenoxy) is 1. The van der Waals surface area contributed by atoms with Crippen LogP contribution < -0.4 is 10.5 Å². The van der Waals surface area contributed by atoms with Crippen LogP contribution in [0.5, 0.6) is 5.75 Å². The molecule has 14 heavy (non-hydrogen) atoms. The van der Waals surface area contributed by atoms with E-state index in [1.165, 1.54) is 7.11 Å². The minimum Gasteiger partial charge on any atom is -0.495 e.